The largest absolute Gasteiger partial charge is 0.394 e. The molecule has 0 unspecified atom stereocenters. The smallest absolute Gasteiger partial charge is 0.242 e. The number of amides is 1. The van der Waals surface area contributed by atoms with E-state index in [0.717, 1.165) is 12.0 Å². The first-order valence-electron chi connectivity index (χ1n) is 6.55. The fourth-order valence-electron chi connectivity index (χ4n) is 1.75. The quantitative estimate of drug-likeness (QED) is 0.805. The van der Waals surface area contributed by atoms with Gasteiger partial charge in [-0.1, -0.05) is 49.4 Å². The summed E-state index contributed by atoms with van der Waals surface area (Å²) >= 11 is 0. The van der Waals surface area contributed by atoms with Crippen molar-refractivity contribution in [2.45, 2.75) is 19.4 Å². The van der Waals surface area contributed by atoms with Crippen molar-refractivity contribution in [3.8, 4) is 0 Å². The first kappa shape index (κ1) is 18.6. The SMILES string of the molecule is CCCN(CC=Cc1ccccc1)C(=O)[C@H](N)CO.Cl. The zero-order valence-corrected chi connectivity index (χ0v) is 12.6. The maximum Gasteiger partial charge on any atom is 0.242 e. The van der Waals surface area contributed by atoms with Crippen molar-refractivity contribution < 1.29 is 9.90 Å². The van der Waals surface area contributed by atoms with E-state index in [1.54, 1.807) is 4.90 Å². The van der Waals surface area contributed by atoms with E-state index in [0.29, 0.717) is 13.1 Å². The molecule has 0 aliphatic rings. The summed E-state index contributed by atoms with van der Waals surface area (Å²) in [5.74, 6) is -0.206. The fraction of sp³-hybridized carbons (Fsp3) is 0.400. The topological polar surface area (TPSA) is 66.6 Å². The highest BCUT2D eigenvalue weighted by Crippen LogP contribution is 2.02. The predicted octanol–water partition coefficient (Wildman–Crippen LogP) is 1.68. The highest BCUT2D eigenvalue weighted by atomic mass is 35.5. The third kappa shape index (κ3) is 6.19. The number of nitrogens with zero attached hydrogens (tertiary/aromatic N) is 1. The van der Waals surface area contributed by atoms with Crippen LogP contribution in [0.5, 0.6) is 0 Å². The molecule has 0 aliphatic carbocycles. The van der Waals surface area contributed by atoms with Crippen molar-refractivity contribution >= 4 is 24.4 Å². The molecule has 1 rings (SSSR count). The van der Waals surface area contributed by atoms with E-state index >= 15 is 0 Å². The van der Waals surface area contributed by atoms with Gasteiger partial charge in [-0.15, -0.1) is 12.4 Å². The molecule has 0 fully saturated rings. The van der Waals surface area contributed by atoms with E-state index in [1.807, 2.05) is 49.4 Å². The summed E-state index contributed by atoms with van der Waals surface area (Å²) in [5, 5.41) is 8.94. The van der Waals surface area contributed by atoms with Crippen LogP contribution in [0.3, 0.4) is 0 Å². The molecule has 3 N–H and O–H groups in total. The van der Waals surface area contributed by atoms with Crippen molar-refractivity contribution in [2.24, 2.45) is 5.73 Å². The standard InChI is InChI=1S/C15H22N2O2.ClH/c1-2-10-17(15(19)14(16)12-18)11-6-9-13-7-4-3-5-8-13;/h3-9,14,18H,2,10-12,16H2,1H3;1H/t14-;/m1./s1. The van der Waals surface area contributed by atoms with Crippen molar-refractivity contribution in [1.82, 2.24) is 4.90 Å². The maximum absolute atomic E-state index is 11.9. The maximum atomic E-state index is 11.9. The van der Waals surface area contributed by atoms with Gasteiger partial charge in [-0.3, -0.25) is 4.79 Å². The minimum Gasteiger partial charge on any atom is -0.394 e. The summed E-state index contributed by atoms with van der Waals surface area (Å²) in [6.07, 6.45) is 4.77. The number of rotatable bonds is 7. The lowest BCUT2D eigenvalue weighted by molar-refractivity contribution is -0.132. The molecule has 0 aromatic heterocycles. The third-order valence-electron chi connectivity index (χ3n) is 2.75. The fourth-order valence-corrected chi connectivity index (χ4v) is 1.75. The lowest BCUT2D eigenvalue weighted by atomic mass is 10.2. The molecule has 1 amide bonds. The average molecular weight is 299 g/mol. The monoisotopic (exact) mass is 298 g/mol. The van der Waals surface area contributed by atoms with Gasteiger partial charge in [0.25, 0.3) is 0 Å². The second-order valence-corrected chi connectivity index (χ2v) is 4.39. The molecule has 1 atom stereocenters. The van der Waals surface area contributed by atoms with Crippen LogP contribution in [-0.4, -0.2) is 41.7 Å². The zero-order chi connectivity index (χ0) is 14.1. The Morgan fingerprint density at radius 2 is 2.05 bits per heavy atom. The van der Waals surface area contributed by atoms with Crippen LogP contribution in [-0.2, 0) is 4.79 Å². The Kier molecular flexibility index (Phi) is 9.72. The molecule has 0 heterocycles. The molecule has 0 bridgehead atoms. The normalized spacial score (nSPS) is 11.9. The highest BCUT2D eigenvalue weighted by Gasteiger charge is 2.18. The zero-order valence-electron chi connectivity index (χ0n) is 11.7. The van der Waals surface area contributed by atoms with Crippen molar-refractivity contribution in [1.29, 1.82) is 0 Å². The molecule has 4 nitrogen and oxygen atoms in total. The van der Waals surface area contributed by atoms with Crippen molar-refractivity contribution in [3.63, 3.8) is 0 Å². The van der Waals surface area contributed by atoms with Crippen molar-refractivity contribution in [3.05, 3.63) is 42.0 Å². The van der Waals surface area contributed by atoms with Gasteiger partial charge in [-0.2, -0.15) is 0 Å². The number of aliphatic hydroxyl groups excluding tert-OH is 1. The van der Waals surface area contributed by atoms with Gasteiger partial charge in [0.05, 0.1) is 6.61 Å². The van der Waals surface area contributed by atoms with Crippen LogP contribution in [0.2, 0.25) is 0 Å². The molecule has 0 saturated heterocycles. The van der Waals surface area contributed by atoms with Crippen LogP contribution in [0, 0.1) is 0 Å². The van der Waals surface area contributed by atoms with Gasteiger partial charge in [-0.05, 0) is 12.0 Å². The number of aliphatic hydroxyl groups is 1. The number of benzene rings is 1. The average Bonchev–Trinajstić information content (AvgIpc) is 2.46. The summed E-state index contributed by atoms with van der Waals surface area (Å²) in [6, 6.07) is 9.08. The molecule has 0 radical (unpaired) electrons. The first-order chi connectivity index (χ1) is 9.19. The van der Waals surface area contributed by atoms with Gasteiger partial charge in [0, 0.05) is 13.1 Å². The Morgan fingerprint density at radius 1 is 1.40 bits per heavy atom. The molecule has 1 aromatic rings. The van der Waals surface area contributed by atoms with Crippen LogP contribution in [0.15, 0.2) is 36.4 Å². The summed E-state index contributed by atoms with van der Waals surface area (Å²) in [4.78, 5) is 13.6. The van der Waals surface area contributed by atoms with Crippen LogP contribution >= 0.6 is 12.4 Å². The second kappa shape index (κ2) is 10.4. The number of carbonyl (C=O) groups is 1. The molecule has 0 spiro atoms. The minimum atomic E-state index is -0.823. The number of hydrogen-bond acceptors (Lipinski definition) is 3. The first-order valence-corrected chi connectivity index (χ1v) is 6.55. The summed E-state index contributed by atoms with van der Waals surface area (Å²) in [7, 11) is 0. The van der Waals surface area contributed by atoms with E-state index in [-0.39, 0.29) is 24.9 Å². The number of carbonyl (C=O) groups excluding carboxylic acids is 1. The van der Waals surface area contributed by atoms with E-state index in [9.17, 15) is 4.79 Å². The number of halogens is 1. The molecule has 5 heteroatoms. The molecular weight excluding hydrogens is 276 g/mol. The van der Waals surface area contributed by atoms with Gasteiger partial charge in [0.2, 0.25) is 5.91 Å². The third-order valence-corrected chi connectivity index (χ3v) is 2.75. The minimum absolute atomic E-state index is 0. The molecule has 1 aromatic carbocycles. The Labute approximate surface area is 126 Å². The van der Waals surface area contributed by atoms with E-state index < -0.39 is 6.04 Å². The van der Waals surface area contributed by atoms with Crippen LogP contribution in [0.4, 0.5) is 0 Å². The molecule has 112 valence electrons. The van der Waals surface area contributed by atoms with Gasteiger partial charge in [0.1, 0.15) is 6.04 Å². The summed E-state index contributed by atoms with van der Waals surface area (Å²) in [5.41, 5.74) is 6.66. The Balaban J connectivity index is 0.00000361. The van der Waals surface area contributed by atoms with Crippen molar-refractivity contribution in [2.75, 3.05) is 19.7 Å². The van der Waals surface area contributed by atoms with E-state index in [2.05, 4.69) is 0 Å². The Morgan fingerprint density at radius 3 is 2.60 bits per heavy atom. The second-order valence-electron chi connectivity index (χ2n) is 4.39. The van der Waals surface area contributed by atoms with Crippen LogP contribution in [0.1, 0.15) is 18.9 Å². The summed E-state index contributed by atoms with van der Waals surface area (Å²) < 4.78 is 0. The summed E-state index contributed by atoms with van der Waals surface area (Å²) in [6.45, 7) is 2.84. The van der Waals surface area contributed by atoms with Crippen LogP contribution < -0.4 is 5.73 Å². The van der Waals surface area contributed by atoms with Gasteiger partial charge in [-0.25, -0.2) is 0 Å². The van der Waals surface area contributed by atoms with Crippen LogP contribution in [0.25, 0.3) is 6.08 Å². The molecule has 0 aliphatic heterocycles. The number of hydrogen-bond donors (Lipinski definition) is 2. The Bertz CT molecular complexity index is 410. The van der Waals surface area contributed by atoms with Gasteiger partial charge in [0.15, 0.2) is 0 Å². The van der Waals surface area contributed by atoms with Gasteiger partial charge >= 0.3 is 0 Å². The highest BCUT2D eigenvalue weighted by molar-refractivity contribution is 5.85. The Hall–Kier alpha value is -1.36. The van der Waals surface area contributed by atoms with E-state index in [1.165, 1.54) is 0 Å². The molecular formula is C15H23ClN2O2. The molecule has 20 heavy (non-hydrogen) atoms. The van der Waals surface area contributed by atoms with E-state index in [4.69, 9.17) is 10.8 Å². The lowest BCUT2D eigenvalue weighted by Crippen LogP contribution is -2.46. The predicted molar refractivity (Wildman–Crippen MR) is 84.7 cm³/mol. The molecule has 0 saturated carbocycles. The lowest BCUT2D eigenvalue weighted by Gasteiger charge is -2.23. The van der Waals surface area contributed by atoms with Gasteiger partial charge < -0.3 is 15.7 Å². The number of nitrogens with two attached hydrogens (primary N) is 1.